The van der Waals surface area contributed by atoms with E-state index in [0.29, 0.717) is 12.8 Å². The lowest BCUT2D eigenvalue weighted by molar-refractivity contribution is -0.116. The van der Waals surface area contributed by atoms with Gasteiger partial charge >= 0.3 is 0 Å². The van der Waals surface area contributed by atoms with Crippen LogP contribution in [0.4, 0.5) is 17.1 Å². The Morgan fingerprint density at radius 1 is 0.742 bits per heavy atom. The largest absolute Gasteiger partial charge is 0.376 e. The lowest BCUT2D eigenvalue weighted by Crippen LogP contribution is -2.22. The molecule has 0 saturated heterocycles. The average Bonchev–Trinajstić information content (AvgIpc) is 2.75. The molecule has 2 amide bonds. The van der Waals surface area contributed by atoms with Gasteiger partial charge in [0.05, 0.1) is 6.54 Å². The van der Waals surface area contributed by atoms with E-state index < -0.39 is 0 Å². The van der Waals surface area contributed by atoms with Crippen molar-refractivity contribution < 1.29 is 9.59 Å². The quantitative estimate of drug-likeness (QED) is 0.472. The molecular weight excluding hydrogens is 386 g/mol. The number of carbonyl (C=O) groups is 2. The molecule has 3 aromatic rings. The van der Waals surface area contributed by atoms with Gasteiger partial charge in [0.1, 0.15) is 0 Å². The Balaban J connectivity index is 1.46. The van der Waals surface area contributed by atoms with E-state index in [4.69, 9.17) is 0 Å². The number of benzene rings is 3. The van der Waals surface area contributed by atoms with E-state index in [0.717, 1.165) is 33.8 Å². The number of rotatable bonds is 8. The van der Waals surface area contributed by atoms with Gasteiger partial charge in [-0.05, 0) is 68.1 Å². The van der Waals surface area contributed by atoms with E-state index in [9.17, 15) is 9.59 Å². The highest BCUT2D eigenvalue weighted by molar-refractivity contribution is 5.95. The average molecular weight is 416 g/mol. The molecular formula is C26H29N3O2. The van der Waals surface area contributed by atoms with Crippen LogP contribution in [0.3, 0.4) is 0 Å². The zero-order valence-corrected chi connectivity index (χ0v) is 18.3. The lowest BCUT2D eigenvalue weighted by Gasteiger charge is -2.14. The van der Waals surface area contributed by atoms with Crippen LogP contribution < -0.4 is 16.0 Å². The fraction of sp³-hybridized carbons (Fsp3) is 0.231. The van der Waals surface area contributed by atoms with Gasteiger partial charge in [-0.2, -0.15) is 0 Å². The molecule has 3 rings (SSSR count). The summed E-state index contributed by atoms with van der Waals surface area (Å²) in [5.74, 6) is -0.124. The molecule has 0 saturated carbocycles. The zero-order valence-electron chi connectivity index (χ0n) is 18.3. The molecule has 0 radical (unpaired) electrons. The number of hydrogen-bond donors (Lipinski definition) is 3. The van der Waals surface area contributed by atoms with Gasteiger partial charge in [0.15, 0.2) is 0 Å². The number of anilines is 3. The maximum absolute atomic E-state index is 12.3. The Morgan fingerprint density at radius 3 is 2.00 bits per heavy atom. The zero-order chi connectivity index (χ0) is 22.2. The number of amides is 2. The molecule has 0 aliphatic rings. The smallest absolute Gasteiger partial charge is 0.243 e. The first-order valence-electron chi connectivity index (χ1n) is 10.5. The Hall–Kier alpha value is -3.60. The van der Waals surface area contributed by atoms with Crippen molar-refractivity contribution in [3.05, 3.63) is 89.0 Å². The summed E-state index contributed by atoms with van der Waals surface area (Å²) in [5, 5.41) is 9.01. The lowest BCUT2D eigenvalue weighted by atomic mass is 10.1. The predicted octanol–water partition coefficient (Wildman–Crippen LogP) is 5.23. The summed E-state index contributed by atoms with van der Waals surface area (Å²) in [7, 11) is 0. The number of hydrogen-bond acceptors (Lipinski definition) is 3. The molecule has 0 heterocycles. The standard InChI is InChI=1S/C26H29N3O2/c1-18-15-19(2)26(20(3)16-18)29-25(31)17-27-22-10-12-23(13-11-22)28-24(30)14-9-21-7-5-4-6-8-21/h4-8,10-13,15-16,27H,9,14,17H2,1-3H3,(H,28,30)(H,29,31). The summed E-state index contributed by atoms with van der Waals surface area (Å²) in [4.78, 5) is 24.5. The van der Waals surface area contributed by atoms with Crippen molar-refractivity contribution >= 4 is 28.9 Å². The number of nitrogens with one attached hydrogen (secondary N) is 3. The molecule has 5 heteroatoms. The summed E-state index contributed by atoms with van der Waals surface area (Å²) in [6.45, 7) is 6.20. The van der Waals surface area contributed by atoms with E-state index in [2.05, 4.69) is 28.1 Å². The molecule has 0 bridgehead atoms. The van der Waals surface area contributed by atoms with E-state index >= 15 is 0 Å². The summed E-state index contributed by atoms with van der Waals surface area (Å²) < 4.78 is 0. The first-order chi connectivity index (χ1) is 14.9. The maximum Gasteiger partial charge on any atom is 0.243 e. The van der Waals surface area contributed by atoms with Crippen LogP contribution in [-0.4, -0.2) is 18.4 Å². The van der Waals surface area contributed by atoms with Crippen LogP contribution >= 0.6 is 0 Å². The molecule has 31 heavy (non-hydrogen) atoms. The molecule has 5 nitrogen and oxygen atoms in total. The topological polar surface area (TPSA) is 70.2 Å². The highest BCUT2D eigenvalue weighted by Gasteiger charge is 2.08. The van der Waals surface area contributed by atoms with Crippen LogP contribution in [-0.2, 0) is 16.0 Å². The molecule has 0 unspecified atom stereocenters. The maximum atomic E-state index is 12.3. The molecule has 0 aromatic heterocycles. The van der Waals surface area contributed by atoms with Gasteiger partial charge in [-0.1, -0.05) is 48.0 Å². The fourth-order valence-corrected chi connectivity index (χ4v) is 3.54. The van der Waals surface area contributed by atoms with Gasteiger partial charge < -0.3 is 16.0 Å². The first kappa shape index (κ1) is 22.1. The van der Waals surface area contributed by atoms with Crippen molar-refractivity contribution in [3.8, 4) is 0 Å². The second-order valence-electron chi connectivity index (χ2n) is 7.79. The molecule has 0 fully saturated rings. The monoisotopic (exact) mass is 415 g/mol. The van der Waals surface area contributed by atoms with E-state index in [-0.39, 0.29) is 18.4 Å². The number of carbonyl (C=O) groups excluding carboxylic acids is 2. The van der Waals surface area contributed by atoms with E-state index in [1.807, 2.05) is 75.4 Å². The highest BCUT2D eigenvalue weighted by atomic mass is 16.2. The Kier molecular flexibility index (Phi) is 7.44. The Bertz CT molecular complexity index is 1020. The minimum atomic E-state index is -0.103. The van der Waals surface area contributed by atoms with Crippen molar-refractivity contribution in [3.63, 3.8) is 0 Å². The van der Waals surface area contributed by atoms with E-state index in [1.54, 1.807) is 0 Å². The van der Waals surface area contributed by atoms with Gasteiger partial charge in [-0.25, -0.2) is 0 Å². The van der Waals surface area contributed by atoms with Crippen molar-refractivity contribution in [1.82, 2.24) is 0 Å². The third-order valence-electron chi connectivity index (χ3n) is 5.05. The SMILES string of the molecule is Cc1cc(C)c(NC(=O)CNc2ccc(NC(=O)CCc3ccccc3)cc2)c(C)c1. The van der Waals surface area contributed by atoms with E-state index in [1.165, 1.54) is 5.56 Å². The van der Waals surface area contributed by atoms with Crippen LogP contribution in [0.5, 0.6) is 0 Å². The van der Waals surface area contributed by atoms with Crippen LogP contribution in [0.15, 0.2) is 66.7 Å². The van der Waals surface area contributed by atoms with Crippen LogP contribution in [0.1, 0.15) is 28.7 Å². The van der Waals surface area contributed by atoms with Crippen molar-refractivity contribution in [2.75, 3.05) is 22.5 Å². The summed E-state index contributed by atoms with van der Waals surface area (Å²) in [6, 6.07) is 21.4. The minimum absolute atomic E-state index is 0.0206. The summed E-state index contributed by atoms with van der Waals surface area (Å²) in [5.41, 5.74) is 6.85. The third-order valence-corrected chi connectivity index (χ3v) is 5.05. The molecule has 0 spiro atoms. The molecule has 160 valence electrons. The molecule has 0 aliphatic heterocycles. The minimum Gasteiger partial charge on any atom is -0.376 e. The second kappa shape index (κ2) is 10.4. The van der Waals surface area contributed by atoms with Gasteiger partial charge in [0.2, 0.25) is 11.8 Å². The first-order valence-corrected chi connectivity index (χ1v) is 10.5. The van der Waals surface area contributed by atoms with Crippen molar-refractivity contribution in [2.24, 2.45) is 0 Å². The Labute approximate surface area is 183 Å². The predicted molar refractivity (Wildman–Crippen MR) is 128 cm³/mol. The summed E-state index contributed by atoms with van der Waals surface area (Å²) in [6.07, 6.45) is 1.14. The van der Waals surface area contributed by atoms with Crippen molar-refractivity contribution in [1.29, 1.82) is 0 Å². The molecule has 3 N–H and O–H groups in total. The molecule has 3 aromatic carbocycles. The third kappa shape index (κ3) is 6.71. The molecule has 0 atom stereocenters. The van der Waals surface area contributed by atoms with Gasteiger partial charge in [0.25, 0.3) is 0 Å². The van der Waals surface area contributed by atoms with Crippen LogP contribution in [0.2, 0.25) is 0 Å². The van der Waals surface area contributed by atoms with Crippen molar-refractivity contribution in [2.45, 2.75) is 33.6 Å². The number of aryl methyl sites for hydroxylation is 4. The van der Waals surface area contributed by atoms with Crippen LogP contribution in [0, 0.1) is 20.8 Å². The summed E-state index contributed by atoms with van der Waals surface area (Å²) >= 11 is 0. The highest BCUT2D eigenvalue weighted by Crippen LogP contribution is 2.22. The van der Waals surface area contributed by atoms with Gasteiger partial charge in [-0.3, -0.25) is 9.59 Å². The fourth-order valence-electron chi connectivity index (χ4n) is 3.54. The van der Waals surface area contributed by atoms with Gasteiger partial charge in [-0.15, -0.1) is 0 Å². The van der Waals surface area contributed by atoms with Crippen LogP contribution in [0.25, 0.3) is 0 Å². The molecule has 0 aliphatic carbocycles. The Morgan fingerprint density at radius 2 is 1.35 bits per heavy atom. The van der Waals surface area contributed by atoms with Gasteiger partial charge in [0, 0.05) is 23.5 Å². The normalized spacial score (nSPS) is 10.4. The second-order valence-corrected chi connectivity index (χ2v) is 7.79.